The second-order valence-corrected chi connectivity index (χ2v) is 6.34. The number of hydrogen-bond acceptors (Lipinski definition) is 5. The maximum absolute atomic E-state index is 14.1. The number of carbonyl (C=O) groups is 3. The number of para-hydroxylation sites is 1. The molecule has 1 fully saturated rings. The third kappa shape index (κ3) is 3.97. The van der Waals surface area contributed by atoms with Crippen LogP contribution in [0.1, 0.15) is 5.56 Å². The third-order valence-corrected chi connectivity index (χ3v) is 4.34. The van der Waals surface area contributed by atoms with Crippen molar-refractivity contribution in [1.82, 2.24) is 5.32 Å². The van der Waals surface area contributed by atoms with E-state index in [9.17, 15) is 18.8 Å². The van der Waals surface area contributed by atoms with Crippen LogP contribution in [0.2, 0.25) is 5.02 Å². The minimum absolute atomic E-state index is 0.0445. The van der Waals surface area contributed by atoms with Gasteiger partial charge in [0.05, 0.1) is 17.8 Å². The number of anilines is 1. The number of methoxy groups -OCH3 is 1. The minimum atomic E-state index is -1.05. The summed E-state index contributed by atoms with van der Waals surface area (Å²) in [7, 11) is 1.38. The molecule has 2 aromatic carbocycles. The van der Waals surface area contributed by atoms with Gasteiger partial charge in [-0.3, -0.25) is 14.9 Å². The van der Waals surface area contributed by atoms with Crippen molar-refractivity contribution in [3.05, 3.63) is 58.4 Å². The lowest BCUT2D eigenvalue weighted by molar-refractivity contribution is -0.122. The zero-order valence-electron chi connectivity index (χ0n) is 15.6. The molecular weight excluding hydrogens is 415 g/mol. The third-order valence-electron chi connectivity index (χ3n) is 4.06. The molecule has 0 radical (unpaired) electrons. The number of nitrogens with zero attached hydrogens (tertiary/aromatic N) is 1. The van der Waals surface area contributed by atoms with Crippen LogP contribution in [-0.2, 0) is 9.59 Å². The molecule has 0 aliphatic carbocycles. The second kappa shape index (κ2) is 8.68. The first-order valence-electron chi connectivity index (χ1n) is 8.47. The van der Waals surface area contributed by atoms with Crippen molar-refractivity contribution in [3.8, 4) is 23.8 Å². The van der Waals surface area contributed by atoms with E-state index in [1.54, 1.807) is 0 Å². The SMILES string of the molecule is C#CCOc1c(Cl)cc(/C=C2\C(=O)NC(=O)N(c3ccccc3F)C2=O)cc1OC. The Kier molecular flexibility index (Phi) is 6.04. The smallest absolute Gasteiger partial charge is 0.336 e. The number of imide groups is 2. The molecule has 1 heterocycles. The average Bonchev–Trinajstić information content (AvgIpc) is 2.71. The topological polar surface area (TPSA) is 84.9 Å². The number of urea groups is 1. The molecule has 4 amide bonds. The van der Waals surface area contributed by atoms with Crippen LogP contribution in [0.15, 0.2) is 42.0 Å². The molecule has 0 saturated carbocycles. The standard InChI is InChI=1S/C21H14ClFN2O5/c1-3-8-30-18-14(22)10-12(11-17(18)29-2)9-13-19(26)24-21(28)25(20(13)27)16-7-5-4-6-15(16)23/h1,4-7,9-11H,8H2,2H3,(H,24,26,28)/b13-9+. The van der Waals surface area contributed by atoms with Crippen LogP contribution >= 0.6 is 11.6 Å². The Morgan fingerprint density at radius 2 is 2.00 bits per heavy atom. The average molecular weight is 429 g/mol. The minimum Gasteiger partial charge on any atom is -0.493 e. The van der Waals surface area contributed by atoms with Crippen molar-refractivity contribution >= 4 is 41.2 Å². The highest BCUT2D eigenvalue weighted by atomic mass is 35.5. The highest BCUT2D eigenvalue weighted by Crippen LogP contribution is 2.37. The lowest BCUT2D eigenvalue weighted by Crippen LogP contribution is -2.54. The predicted molar refractivity (Wildman–Crippen MR) is 108 cm³/mol. The van der Waals surface area contributed by atoms with Crippen LogP contribution in [0.25, 0.3) is 6.08 Å². The summed E-state index contributed by atoms with van der Waals surface area (Å²) in [4.78, 5) is 37.8. The lowest BCUT2D eigenvalue weighted by atomic mass is 10.1. The molecule has 1 saturated heterocycles. The molecule has 1 aliphatic heterocycles. The quantitative estimate of drug-likeness (QED) is 0.449. The summed E-state index contributed by atoms with van der Waals surface area (Å²) in [5.74, 6) is -0.000586. The van der Waals surface area contributed by atoms with E-state index >= 15 is 0 Å². The van der Waals surface area contributed by atoms with Crippen LogP contribution < -0.4 is 19.7 Å². The molecule has 0 aromatic heterocycles. The summed E-state index contributed by atoms with van der Waals surface area (Å²) < 4.78 is 24.7. The maximum atomic E-state index is 14.1. The van der Waals surface area contributed by atoms with Crippen molar-refractivity contribution in [1.29, 1.82) is 0 Å². The molecule has 0 atom stereocenters. The Morgan fingerprint density at radius 1 is 1.27 bits per heavy atom. The van der Waals surface area contributed by atoms with Gasteiger partial charge in [0.2, 0.25) is 0 Å². The summed E-state index contributed by atoms with van der Waals surface area (Å²) in [6, 6.07) is 7.04. The number of terminal acetylenes is 1. The molecule has 0 bridgehead atoms. The van der Waals surface area contributed by atoms with Crippen LogP contribution in [0.4, 0.5) is 14.9 Å². The van der Waals surface area contributed by atoms with Crippen LogP contribution in [0.5, 0.6) is 11.5 Å². The van der Waals surface area contributed by atoms with Crippen LogP contribution in [-0.4, -0.2) is 31.6 Å². The van der Waals surface area contributed by atoms with Gasteiger partial charge >= 0.3 is 6.03 Å². The Labute approximate surface area is 176 Å². The van der Waals surface area contributed by atoms with Gasteiger partial charge < -0.3 is 9.47 Å². The predicted octanol–water partition coefficient (Wildman–Crippen LogP) is 3.17. The van der Waals surface area contributed by atoms with Gasteiger partial charge in [-0.05, 0) is 35.9 Å². The van der Waals surface area contributed by atoms with Crippen molar-refractivity contribution < 1.29 is 28.2 Å². The molecule has 2 aromatic rings. The monoisotopic (exact) mass is 428 g/mol. The van der Waals surface area contributed by atoms with Crippen molar-refractivity contribution in [2.75, 3.05) is 18.6 Å². The van der Waals surface area contributed by atoms with Gasteiger partial charge in [0.25, 0.3) is 11.8 Å². The first kappa shape index (κ1) is 20.9. The van der Waals surface area contributed by atoms with Crippen molar-refractivity contribution in [2.45, 2.75) is 0 Å². The van der Waals surface area contributed by atoms with Gasteiger partial charge in [0.1, 0.15) is 18.0 Å². The molecule has 3 rings (SSSR count). The van der Waals surface area contributed by atoms with Gasteiger partial charge in [-0.25, -0.2) is 14.1 Å². The number of hydrogen-bond donors (Lipinski definition) is 1. The summed E-state index contributed by atoms with van der Waals surface area (Å²) in [5, 5.41) is 2.15. The molecule has 7 nitrogen and oxygen atoms in total. The summed E-state index contributed by atoms with van der Waals surface area (Å²) in [6.45, 7) is -0.0445. The van der Waals surface area contributed by atoms with Gasteiger partial charge in [-0.1, -0.05) is 29.7 Å². The number of halogens is 2. The number of rotatable bonds is 5. The van der Waals surface area contributed by atoms with Crippen LogP contribution in [0.3, 0.4) is 0 Å². The number of barbiturate groups is 1. The first-order chi connectivity index (χ1) is 14.4. The Bertz CT molecular complexity index is 1120. The Hall–Kier alpha value is -3.83. The van der Waals surface area contributed by atoms with Gasteiger partial charge in [-0.15, -0.1) is 6.42 Å². The summed E-state index contributed by atoms with van der Waals surface area (Å²) in [6.07, 6.45) is 6.38. The molecule has 152 valence electrons. The summed E-state index contributed by atoms with van der Waals surface area (Å²) >= 11 is 6.21. The molecular formula is C21H14ClFN2O5. The first-order valence-corrected chi connectivity index (χ1v) is 8.85. The fourth-order valence-corrected chi connectivity index (χ4v) is 3.03. The van der Waals surface area contributed by atoms with E-state index in [4.69, 9.17) is 27.5 Å². The maximum Gasteiger partial charge on any atom is 0.336 e. The number of nitrogens with one attached hydrogen (secondary N) is 1. The molecule has 30 heavy (non-hydrogen) atoms. The van der Waals surface area contributed by atoms with E-state index in [1.807, 2.05) is 5.32 Å². The molecule has 0 spiro atoms. The van der Waals surface area contributed by atoms with E-state index in [0.29, 0.717) is 10.5 Å². The highest BCUT2D eigenvalue weighted by molar-refractivity contribution is 6.39. The van der Waals surface area contributed by atoms with E-state index < -0.39 is 29.2 Å². The number of benzene rings is 2. The van der Waals surface area contributed by atoms with Gasteiger partial charge in [0.15, 0.2) is 11.5 Å². The van der Waals surface area contributed by atoms with Gasteiger partial charge in [0, 0.05) is 0 Å². The Balaban J connectivity index is 2.04. The van der Waals surface area contributed by atoms with Crippen molar-refractivity contribution in [3.63, 3.8) is 0 Å². The van der Waals surface area contributed by atoms with E-state index in [2.05, 4.69) is 5.92 Å². The van der Waals surface area contributed by atoms with Gasteiger partial charge in [-0.2, -0.15) is 0 Å². The van der Waals surface area contributed by atoms with E-state index in [1.165, 1.54) is 43.5 Å². The molecule has 1 N–H and O–H groups in total. The lowest BCUT2D eigenvalue weighted by Gasteiger charge is -2.26. The second-order valence-electron chi connectivity index (χ2n) is 5.94. The normalized spacial score (nSPS) is 15.1. The zero-order chi connectivity index (χ0) is 21.8. The Morgan fingerprint density at radius 3 is 2.67 bits per heavy atom. The number of ether oxygens (including phenoxy) is 2. The molecule has 0 unspecified atom stereocenters. The molecule has 9 heteroatoms. The number of carbonyl (C=O) groups excluding carboxylic acids is 3. The number of amides is 4. The van der Waals surface area contributed by atoms with E-state index in [0.717, 1.165) is 6.07 Å². The zero-order valence-corrected chi connectivity index (χ0v) is 16.3. The molecule has 1 aliphatic rings. The summed E-state index contributed by atoms with van der Waals surface area (Å²) in [5.41, 5.74) is -0.369. The van der Waals surface area contributed by atoms with Crippen molar-refractivity contribution in [2.24, 2.45) is 0 Å². The van der Waals surface area contributed by atoms with E-state index in [-0.39, 0.29) is 28.8 Å². The fourth-order valence-electron chi connectivity index (χ4n) is 2.75. The fraction of sp³-hybridized carbons (Fsp3) is 0.0952. The highest BCUT2D eigenvalue weighted by Gasteiger charge is 2.38. The van der Waals surface area contributed by atoms with Crippen LogP contribution in [0, 0.1) is 18.2 Å². The largest absolute Gasteiger partial charge is 0.493 e.